The predicted molar refractivity (Wildman–Crippen MR) is 379 cm³/mol. The number of primary amides is 1. The lowest BCUT2D eigenvalue weighted by atomic mass is 10.0. The van der Waals surface area contributed by atoms with Crippen LogP contribution in [0.3, 0.4) is 0 Å². The lowest BCUT2D eigenvalue weighted by Gasteiger charge is -2.25. The predicted octanol–water partition coefficient (Wildman–Crippen LogP) is 10.4. The number of carboxylic acids is 2. The summed E-state index contributed by atoms with van der Waals surface area (Å²) < 4.78 is 11.6. The van der Waals surface area contributed by atoms with Crippen LogP contribution < -0.4 is 37.6 Å². The largest absolute Gasteiger partial charge is 0.481 e. The van der Waals surface area contributed by atoms with E-state index in [1.165, 1.54) is 154 Å². The molecule has 0 heterocycles. The van der Waals surface area contributed by atoms with E-state index in [2.05, 4.69) is 52.7 Å². The Morgan fingerprint density at radius 1 is 0.381 bits per heavy atom. The van der Waals surface area contributed by atoms with Gasteiger partial charge in [-0.1, -0.05) is 252 Å². The molecule has 97 heavy (non-hydrogen) atoms. The molecule has 25 heteroatoms. The third-order valence-corrected chi connectivity index (χ3v) is 18.3. The lowest BCUT2D eigenvalue weighted by Crippen LogP contribution is -2.61. The van der Waals surface area contributed by atoms with Gasteiger partial charge in [0.05, 0.1) is 19.6 Å². The molecular formula is C72H131N7O17S. The molecule has 12 N–H and O–H groups in total. The van der Waals surface area contributed by atoms with Gasteiger partial charge in [0.15, 0.2) is 0 Å². The molecule has 0 bridgehead atoms. The van der Waals surface area contributed by atoms with Crippen molar-refractivity contribution in [3.63, 3.8) is 0 Å². The zero-order valence-electron chi connectivity index (χ0n) is 60.0. The molecule has 0 aliphatic carbocycles. The van der Waals surface area contributed by atoms with Gasteiger partial charge in [-0.2, -0.15) is 11.8 Å². The first-order valence-electron chi connectivity index (χ1n) is 37.4. The second-order valence-corrected chi connectivity index (χ2v) is 27.3. The average Bonchev–Trinajstić information content (AvgIpc) is 0.955. The Labute approximate surface area is 585 Å². The Kier molecular flexibility index (Phi) is 59.1. The number of thioether (sulfide) groups is 1. The van der Waals surface area contributed by atoms with Crippen molar-refractivity contribution in [1.82, 2.24) is 31.9 Å². The van der Waals surface area contributed by atoms with E-state index in [0.29, 0.717) is 19.3 Å². The summed E-state index contributed by atoms with van der Waals surface area (Å²) >= 11 is 1.13. The van der Waals surface area contributed by atoms with Crippen LogP contribution in [0.5, 0.6) is 0 Å². The number of esters is 2. The van der Waals surface area contributed by atoms with Gasteiger partial charge in [-0.25, -0.2) is 4.79 Å². The molecule has 24 nitrogen and oxygen atoms in total. The summed E-state index contributed by atoms with van der Waals surface area (Å²) in [6, 6.07) is -9.97. The van der Waals surface area contributed by atoms with E-state index in [0.717, 1.165) is 95.7 Å². The molecular weight excluding hydrogens is 1270 g/mol. The molecule has 0 aromatic heterocycles. The quantitative estimate of drug-likeness (QED) is 0.0199. The molecule has 0 aliphatic heterocycles. The minimum absolute atomic E-state index is 0.0484. The first-order valence-corrected chi connectivity index (χ1v) is 38.6. The number of nitrogens with one attached hydrogen (secondary N) is 6. The molecule has 0 rings (SSSR count). The maximum Gasteiger partial charge on any atom is 0.326 e. The van der Waals surface area contributed by atoms with Crippen LogP contribution in [-0.2, 0) is 62.2 Å². The highest BCUT2D eigenvalue weighted by molar-refractivity contribution is 7.99. The zero-order valence-corrected chi connectivity index (χ0v) is 60.8. The smallest absolute Gasteiger partial charge is 0.326 e. The highest BCUT2D eigenvalue weighted by Gasteiger charge is 2.33. The second kappa shape index (κ2) is 62.7. The second-order valence-electron chi connectivity index (χ2n) is 26.2. The minimum Gasteiger partial charge on any atom is -0.481 e. The molecule has 0 spiro atoms. The number of carbonyl (C=O) groups is 11. The van der Waals surface area contributed by atoms with Gasteiger partial charge in [0, 0.05) is 37.2 Å². The van der Waals surface area contributed by atoms with Crippen LogP contribution in [0.25, 0.3) is 0 Å². The van der Waals surface area contributed by atoms with Gasteiger partial charge >= 0.3 is 23.9 Å². The van der Waals surface area contributed by atoms with Crippen LogP contribution in [0.1, 0.15) is 317 Å². The first kappa shape index (κ1) is 91.4. The monoisotopic (exact) mass is 1400 g/mol. The van der Waals surface area contributed by atoms with Crippen molar-refractivity contribution >= 4 is 77.0 Å². The van der Waals surface area contributed by atoms with E-state index in [9.17, 15) is 68.1 Å². The van der Waals surface area contributed by atoms with Gasteiger partial charge in [0.1, 0.15) is 49.0 Å². The number of carbonyl (C=O) groups excluding carboxylic acids is 9. The number of rotatable bonds is 68. The number of aliphatic hydroxyl groups is 2. The first-order chi connectivity index (χ1) is 46.7. The fourth-order valence-corrected chi connectivity index (χ4v) is 12.1. The normalized spacial score (nSPS) is 13.4. The number of aliphatic carboxylic acids is 2. The Bertz CT molecular complexity index is 2160. The van der Waals surface area contributed by atoms with Crippen molar-refractivity contribution in [2.45, 2.75) is 359 Å². The molecule has 0 aromatic rings. The Morgan fingerprint density at radius 3 is 1.09 bits per heavy atom. The Morgan fingerprint density at radius 2 is 0.722 bits per heavy atom. The summed E-state index contributed by atoms with van der Waals surface area (Å²) in [4.78, 5) is 142. The van der Waals surface area contributed by atoms with E-state index >= 15 is 0 Å². The van der Waals surface area contributed by atoms with Crippen LogP contribution in [0.15, 0.2) is 0 Å². The molecule has 7 atom stereocenters. The topological polar surface area (TPSA) is 385 Å². The van der Waals surface area contributed by atoms with Crippen LogP contribution in [0.4, 0.5) is 0 Å². The fraction of sp³-hybridized carbons (Fsp3) is 0.847. The van der Waals surface area contributed by atoms with Crippen molar-refractivity contribution < 1.29 is 82.6 Å². The van der Waals surface area contributed by atoms with E-state index in [4.69, 9.17) is 20.3 Å². The minimum atomic E-state index is -1.88. The Hall–Kier alpha value is -5.56. The van der Waals surface area contributed by atoms with E-state index in [-0.39, 0.29) is 37.4 Å². The standard InChI is InChI=1S/C72H131N7O17S/c1-5-8-11-14-17-20-23-26-29-32-35-38-41-44-63(83)75-61(71(92)79-60(51-81)70(91)78-59(50-80)69(90)77-58(49-62(73)82)68(89)74-55(4)67(88)76-57(72(93)94)47-48-64(84)85)54-97-53-56(96-66(87)46-43-40-37-34-31-28-25-22-19-16-13-10-7-3)52-95-65(86)45-42-39-36-33-30-27-24-21-18-15-12-9-6-2/h55-61,80-81H,5-54H2,1-4H3,(H2,73,82)(H,74,89)(H,75,83)(H,76,88)(H,77,90)(H,78,91)(H,79,92)(H,84,85)(H,93,94)/t55-,56+,57-,58-,59-,60-,61-/m0/s1. The SMILES string of the molecule is CCCCCCCCCCCCCCCC(=O)N[C@@H](CSC[C@@H](COC(=O)CCCCCCCCCCCCCCC)OC(=O)CCCCCCCCCCCCCCC)C(=O)N[C@@H](CO)C(=O)N[C@@H](CO)C(=O)N[C@@H](CC(N)=O)C(=O)N[C@@H](C)C(=O)N[C@@H](CCC(=O)O)C(=O)O. The summed E-state index contributed by atoms with van der Waals surface area (Å²) in [6.07, 6.45) is 41.8. The highest BCUT2D eigenvalue weighted by Crippen LogP contribution is 2.19. The van der Waals surface area contributed by atoms with Gasteiger partial charge < -0.3 is 67.5 Å². The van der Waals surface area contributed by atoms with Crippen LogP contribution >= 0.6 is 11.8 Å². The van der Waals surface area contributed by atoms with Crippen LogP contribution in [0, 0.1) is 0 Å². The van der Waals surface area contributed by atoms with Crippen LogP contribution in [-0.4, -0.2) is 159 Å². The van der Waals surface area contributed by atoms with Crippen LogP contribution in [0.2, 0.25) is 0 Å². The molecule has 0 fully saturated rings. The average molecular weight is 1400 g/mol. The van der Waals surface area contributed by atoms with Gasteiger partial charge in [0.25, 0.3) is 0 Å². The number of ether oxygens (including phenoxy) is 2. The number of nitrogens with two attached hydrogens (primary N) is 1. The molecule has 562 valence electrons. The van der Waals surface area contributed by atoms with Crippen molar-refractivity contribution in [3.05, 3.63) is 0 Å². The number of carboxylic acid groups (broad SMARTS) is 2. The molecule has 0 unspecified atom stereocenters. The summed E-state index contributed by atoms with van der Waals surface area (Å²) in [5.74, 6) is -11.0. The van der Waals surface area contributed by atoms with Crippen molar-refractivity contribution in [2.24, 2.45) is 5.73 Å². The summed E-state index contributed by atoms with van der Waals surface area (Å²) in [6.45, 7) is 5.39. The molecule has 0 saturated heterocycles. The summed E-state index contributed by atoms with van der Waals surface area (Å²) in [5.41, 5.74) is 5.34. The third-order valence-electron chi connectivity index (χ3n) is 17.1. The highest BCUT2D eigenvalue weighted by atomic mass is 32.2. The maximum atomic E-state index is 14.2. The number of amides is 7. The van der Waals surface area contributed by atoms with Crippen molar-refractivity contribution in [1.29, 1.82) is 0 Å². The summed E-state index contributed by atoms with van der Waals surface area (Å²) in [5, 5.41) is 52.9. The molecule has 0 aromatic carbocycles. The zero-order chi connectivity index (χ0) is 72.1. The number of hydrogen-bond acceptors (Lipinski definition) is 16. The van der Waals surface area contributed by atoms with Crippen molar-refractivity contribution in [3.8, 4) is 0 Å². The maximum absolute atomic E-state index is 14.2. The Balaban J connectivity index is 6.21. The third kappa shape index (κ3) is 53.1. The van der Waals surface area contributed by atoms with Gasteiger partial charge in [-0.15, -0.1) is 0 Å². The van der Waals surface area contributed by atoms with E-state index in [1.807, 2.05) is 0 Å². The fourth-order valence-electron chi connectivity index (χ4n) is 11.1. The van der Waals surface area contributed by atoms with E-state index < -0.39 is 140 Å². The van der Waals surface area contributed by atoms with Gasteiger partial charge in [-0.3, -0.25) is 47.9 Å². The van der Waals surface area contributed by atoms with Gasteiger partial charge in [-0.05, 0) is 32.6 Å². The summed E-state index contributed by atoms with van der Waals surface area (Å²) in [7, 11) is 0. The van der Waals surface area contributed by atoms with Crippen molar-refractivity contribution in [2.75, 3.05) is 31.3 Å². The number of hydrogen-bond donors (Lipinski definition) is 11. The molecule has 0 aliphatic rings. The number of aliphatic hydroxyl groups excluding tert-OH is 2. The van der Waals surface area contributed by atoms with Gasteiger partial charge in [0.2, 0.25) is 41.4 Å². The van der Waals surface area contributed by atoms with E-state index in [1.54, 1.807) is 0 Å². The molecule has 7 amide bonds. The molecule has 0 radical (unpaired) electrons. The molecule has 0 saturated carbocycles. The lowest BCUT2D eigenvalue weighted by molar-refractivity contribution is -0.157. The number of unbranched alkanes of at least 4 members (excludes halogenated alkanes) is 36.